The SMILES string of the molecule is COC(C)(C)CC(=O)N1CCOCC1c1ncon1. The Morgan fingerprint density at radius 1 is 1.63 bits per heavy atom. The van der Waals surface area contributed by atoms with Gasteiger partial charge in [-0.05, 0) is 13.8 Å². The van der Waals surface area contributed by atoms with E-state index in [1.807, 2.05) is 13.8 Å². The number of aromatic nitrogens is 2. The maximum atomic E-state index is 12.4. The van der Waals surface area contributed by atoms with E-state index < -0.39 is 5.60 Å². The molecule has 2 rings (SSSR count). The fourth-order valence-electron chi connectivity index (χ4n) is 1.98. The van der Waals surface area contributed by atoms with Gasteiger partial charge in [-0.3, -0.25) is 4.79 Å². The van der Waals surface area contributed by atoms with Crippen molar-refractivity contribution in [3.05, 3.63) is 12.2 Å². The first-order valence-electron chi connectivity index (χ1n) is 6.22. The molecule has 1 unspecified atom stereocenters. The number of hydrogen-bond acceptors (Lipinski definition) is 6. The second kappa shape index (κ2) is 5.66. The van der Waals surface area contributed by atoms with Crippen LogP contribution in [0.2, 0.25) is 0 Å². The summed E-state index contributed by atoms with van der Waals surface area (Å²) >= 11 is 0. The molecule has 19 heavy (non-hydrogen) atoms. The standard InChI is InChI=1S/C12H19N3O4/c1-12(2,17-3)6-10(16)15-4-5-18-7-9(15)11-13-8-19-14-11/h8-9H,4-7H2,1-3H3. The van der Waals surface area contributed by atoms with E-state index >= 15 is 0 Å². The smallest absolute Gasteiger partial charge is 0.226 e. The third kappa shape index (κ3) is 3.30. The van der Waals surface area contributed by atoms with Gasteiger partial charge in [-0.15, -0.1) is 0 Å². The van der Waals surface area contributed by atoms with Gasteiger partial charge in [0.15, 0.2) is 5.82 Å². The highest BCUT2D eigenvalue weighted by molar-refractivity contribution is 5.77. The molecule has 0 radical (unpaired) electrons. The van der Waals surface area contributed by atoms with Gasteiger partial charge >= 0.3 is 0 Å². The van der Waals surface area contributed by atoms with Gasteiger partial charge in [0.1, 0.15) is 6.04 Å². The Hall–Kier alpha value is -1.47. The minimum absolute atomic E-state index is 0.00458. The van der Waals surface area contributed by atoms with E-state index in [0.29, 0.717) is 32.0 Å². The summed E-state index contributed by atoms with van der Waals surface area (Å²) in [4.78, 5) is 18.1. The molecular formula is C12H19N3O4. The number of nitrogens with zero attached hydrogens (tertiary/aromatic N) is 3. The number of amides is 1. The van der Waals surface area contributed by atoms with Gasteiger partial charge in [0.2, 0.25) is 12.3 Å². The molecule has 1 aromatic heterocycles. The summed E-state index contributed by atoms with van der Waals surface area (Å²) < 4.78 is 15.4. The highest BCUT2D eigenvalue weighted by Crippen LogP contribution is 2.24. The van der Waals surface area contributed by atoms with Crippen LogP contribution >= 0.6 is 0 Å². The Morgan fingerprint density at radius 3 is 3.05 bits per heavy atom. The van der Waals surface area contributed by atoms with Gasteiger partial charge in [0.05, 0.1) is 25.2 Å². The largest absolute Gasteiger partial charge is 0.378 e. The van der Waals surface area contributed by atoms with E-state index in [1.54, 1.807) is 12.0 Å². The zero-order valence-corrected chi connectivity index (χ0v) is 11.5. The molecule has 1 atom stereocenters. The van der Waals surface area contributed by atoms with Crippen molar-refractivity contribution in [2.45, 2.75) is 31.9 Å². The van der Waals surface area contributed by atoms with Crippen LogP contribution in [-0.4, -0.2) is 53.4 Å². The molecule has 7 nitrogen and oxygen atoms in total. The van der Waals surface area contributed by atoms with Crippen LogP contribution in [0.4, 0.5) is 0 Å². The molecule has 1 aliphatic rings. The second-order valence-corrected chi connectivity index (χ2v) is 5.11. The van der Waals surface area contributed by atoms with Crippen LogP contribution in [0.5, 0.6) is 0 Å². The maximum Gasteiger partial charge on any atom is 0.226 e. The Kier molecular flexibility index (Phi) is 4.16. The molecule has 0 saturated carbocycles. The summed E-state index contributed by atoms with van der Waals surface area (Å²) in [6.45, 7) is 5.20. The van der Waals surface area contributed by atoms with Crippen LogP contribution < -0.4 is 0 Å². The molecule has 2 heterocycles. The van der Waals surface area contributed by atoms with Gasteiger partial charge in [-0.2, -0.15) is 4.98 Å². The first-order chi connectivity index (χ1) is 9.03. The molecule has 0 bridgehead atoms. The van der Waals surface area contributed by atoms with Crippen LogP contribution in [0, 0.1) is 0 Å². The summed E-state index contributed by atoms with van der Waals surface area (Å²) in [6.07, 6.45) is 1.56. The molecular weight excluding hydrogens is 250 g/mol. The van der Waals surface area contributed by atoms with Crippen molar-refractivity contribution < 1.29 is 18.8 Å². The van der Waals surface area contributed by atoms with Crippen molar-refractivity contribution >= 4 is 5.91 Å². The molecule has 1 amide bonds. The quantitative estimate of drug-likeness (QED) is 0.804. The zero-order chi connectivity index (χ0) is 13.9. The van der Waals surface area contributed by atoms with Crippen LogP contribution in [0.25, 0.3) is 0 Å². The number of rotatable bonds is 4. The van der Waals surface area contributed by atoms with E-state index in [4.69, 9.17) is 14.0 Å². The van der Waals surface area contributed by atoms with Crippen molar-refractivity contribution in [1.82, 2.24) is 15.0 Å². The van der Waals surface area contributed by atoms with Crippen molar-refractivity contribution in [2.24, 2.45) is 0 Å². The van der Waals surface area contributed by atoms with Gasteiger partial charge in [0.25, 0.3) is 0 Å². The average Bonchev–Trinajstić information content (AvgIpc) is 2.92. The van der Waals surface area contributed by atoms with E-state index in [9.17, 15) is 4.79 Å². The lowest BCUT2D eigenvalue weighted by atomic mass is 10.0. The minimum Gasteiger partial charge on any atom is -0.378 e. The highest BCUT2D eigenvalue weighted by Gasteiger charge is 2.34. The first-order valence-corrected chi connectivity index (χ1v) is 6.22. The summed E-state index contributed by atoms with van der Waals surface area (Å²) in [6, 6.07) is -0.285. The average molecular weight is 269 g/mol. The number of methoxy groups -OCH3 is 1. The van der Waals surface area contributed by atoms with Gasteiger partial charge in [0, 0.05) is 13.7 Å². The maximum absolute atomic E-state index is 12.4. The summed E-state index contributed by atoms with van der Waals surface area (Å²) in [5, 5.41) is 3.80. The zero-order valence-electron chi connectivity index (χ0n) is 11.5. The van der Waals surface area contributed by atoms with E-state index in [1.165, 1.54) is 6.39 Å². The Bertz CT molecular complexity index is 419. The minimum atomic E-state index is -0.489. The van der Waals surface area contributed by atoms with Crippen LogP contribution in [-0.2, 0) is 14.3 Å². The molecule has 1 fully saturated rings. The normalized spacial score (nSPS) is 20.6. The van der Waals surface area contributed by atoms with Crippen LogP contribution in [0.15, 0.2) is 10.9 Å². The summed E-state index contributed by atoms with van der Waals surface area (Å²) in [5.74, 6) is 0.480. The Balaban J connectivity index is 2.09. The van der Waals surface area contributed by atoms with Gasteiger partial charge < -0.3 is 18.9 Å². The Labute approximate surface area is 111 Å². The lowest BCUT2D eigenvalue weighted by molar-refractivity contribution is -0.145. The molecule has 0 aliphatic carbocycles. The third-order valence-corrected chi connectivity index (χ3v) is 3.25. The molecule has 0 spiro atoms. The number of morpholine rings is 1. The predicted molar refractivity (Wildman–Crippen MR) is 65.3 cm³/mol. The second-order valence-electron chi connectivity index (χ2n) is 5.11. The topological polar surface area (TPSA) is 77.7 Å². The van der Waals surface area contributed by atoms with Crippen LogP contribution in [0.3, 0.4) is 0 Å². The lowest BCUT2D eigenvalue weighted by Crippen LogP contribution is -2.46. The molecule has 7 heteroatoms. The third-order valence-electron chi connectivity index (χ3n) is 3.25. The predicted octanol–water partition coefficient (Wildman–Crippen LogP) is 0.785. The highest BCUT2D eigenvalue weighted by atomic mass is 16.5. The fraction of sp³-hybridized carbons (Fsp3) is 0.750. The van der Waals surface area contributed by atoms with E-state index in [2.05, 4.69) is 10.1 Å². The fourth-order valence-corrected chi connectivity index (χ4v) is 1.98. The first kappa shape index (κ1) is 14.0. The van der Waals surface area contributed by atoms with Gasteiger partial charge in [-0.1, -0.05) is 5.16 Å². The number of carbonyl (C=O) groups is 1. The molecule has 106 valence electrons. The number of ether oxygens (including phenoxy) is 2. The summed E-state index contributed by atoms with van der Waals surface area (Å²) in [7, 11) is 1.60. The van der Waals surface area contributed by atoms with E-state index in [-0.39, 0.29) is 11.9 Å². The van der Waals surface area contributed by atoms with Crippen molar-refractivity contribution in [1.29, 1.82) is 0 Å². The molecule has 1 aliphatic heterocycles. The Morgan fingerprint density at radius 2 is 2.42 bits per heavy atom. The monoisotopic (exact) mass is 269 g/mol. The molecule has 1 saturated heterocycles. The van der Waals surface area contributed by atoms with Crippen LogP contribution in [0.1, 0.15) is 32.1 Å². The summed E-state index contributed by atoms with van der Waals surface area (Å²) in [5.41, 5.74) is -0.489. The van der Waals surface area contributed by atoms with Crippen molar-refractivity contribution in [3.63, 3.8) is 0 Å². The molecule has 1 aromatic rings. The number of hydrogen-bond donors (Lipinski definition) is 0. The molecule has 0 aromatic carbocycles. The van der Waals surface area contributed by atoms with Gasteiger partial charge in [-0.25, -0.2) is 0 Å². The van der Waals surface area contributed by atoms with Crippen molar-refractivity contribution in [2.75, 3.05) is 26.9 Å². The van der Waals surface area contributed by atoms with Crippen molar-refractivity contribution in [3.8, 4) is 0 Å². The number of carbonyl (C=O) groups excluding carboxylic acids is 1. The lowest BCUT2D eigenvalue weighted by Gasteiger charge is -2.35. The van der Waals surface area contributed by atoms with E-state index in [0.717, 1.165) is 0 Å². The molecule has 0 N–H and O–H groups in total.